The van der Waals surface area contributed by atoms with E-state index in [1.165, 1.54) is 18.9 Å². The lowest BCUT2D eigenvalue weighted by Crippen LogP contribution is -2.35. The Hall–Kier alpha value is -1.55. The molecule has 1 unspecified atom stereocenters. The van der Waals surface area contributed by atoms with Gasteiger partial charge >= 0.3 is 5.97 Å². The van der Waals surface area contributed by atoms with Crippen LogP contribution in [0.25, 0.3) is 0 Å². The Morgan fingerprint density at radius 1 is 1.31 bits per heavy atom. The number of benzene rings is 1. The van der Waals surface area contributed by atoms with Crippen molar-refractivity contribution in [2.24, 2.45) is 5.92 Å². The van der Waals surface area contributed by atoms with E-state index in [4.69, 9.17) is 16.7 Å². The number of carboxylic acid groups (broad SMARTS) is 1. The van der Waals surface area contributed by atoms with Gasteiger partial charge in [0.05, 0.1) is 0 Å². The summed E-state index contributed by atoms with van der Waals surface area (Å²) in [5.41, 5.74) is 0.613. The molecular weight excluding hydrogens is 230 g/mol. The molecule has 0 radical (unpaired) electrons. The van der Waals surface area contributed by atoms with E-state index in [1.807, 2.05) is 0 Å². The number of anilines is 1. The predicted octanol–water partition coefficient (Wildman–Crippen LogP) is 2.02. The first kappa shape index (κ1) is 12.5. The molecule has 1 N–H and O–H groups in total. The molecule has 0 saturated carbocycles. The number of nitrogens with zero attached hydrogens (tertiary/aromatic N) is 1. The van der Waals surface area contributed by atoms with Gasteiger partial charge in [-0.25, -0.2) is 0 Å². The van der Waals surface area contributed by atoms with Crippen LogP contribution in [0.3, 0.4) is 0 Å². The van der Waals surface area contributed by atoms with Crippen molar-refractivity contribution in [3.05, 3.63) is 29.3 Å². The molecule has 0 aliphatic heterocycles. The number of rotatable bonds is 3. The van der Waals surface area contributed by atoms with Gasteiger partial charge in [-0.05, 0) is 31.2 Å². The van der Waals surface area contributed by atoms with E-state index in [2.05, 4.69) is 0 Å². The number of hydrogen-bond acceptors (Lipinski definition) is 2. The zero-order valence-corrected chi connectivity index (χ0v) is 9.73. The minimum Gasteiger partial charge on any atom is -0.481 e. The largest absolute Gasteiger partial charge is 0.481 e. The zero-order valence-electron chi connectivity index (χ0n) is 8.98. The summed E-state index contributed by atoms with van der Waals surface area (Å²) in [6.45, 7) is 1.36. The van der Waals surface area contributed by atoms with Crippen LogP contribution in [0.4, 0.5) is 5.69 Å². The van der Waals surface area contributed by atoms with E-state index in [0.29, 0.717) is 10.7 Å². The SMILES string of the molecule is CC(C(=O)O)C(=O)N(C)c1ccc(Cl)cc1. The fourth-order valence-corrected chi connectivity index (χ4v) is 1.31. The molecule has 1 aromatic rings. The van der Waals surface area contributed by atoms with Crippen molar-refractivity contribution in [1.29, 1.82) is 0 Å². The van der Waals surface area contributed by atoms with Crippen molar-refractivity contribution in [3.8, 4) is 0 Å². The highest BCUT2D eigenvalue weighted by molar-refractivity contribution is 6.30. The van der Waals surface area contributed by atoms with Crippen LogP contribution in [0, 0.1) is 5.92 Å². The van der Waals surface area contributed by atoms with Gasteiger partial charge in [0, 0.05) is 17.8 Å². The first-order chi connectivity index (χ1) is 7.43. The van der Waals surface area contributed by atoms with Gasteiger partial charge in [-0.3, -0.25) is 9.59 Å². The van der Waals surface area contributed by atoms with Crippen molar-refractivity contribution < 1.29 is 14.7 Å². The number of carbonyl (C=O) groups is 2. The lowest BCUT2D eigenvalue weighted by atomic mass is 10.1. The van der Waals surface area contributed by atoms with Gasteiger partial charge in [-0.1, -0.05) is 11.6 Å². The van der Waals surface area contributed by atoms with Gasteiger partial charge in [0.1, 0.15) is 5.92 Å². The predicted molar refractivity (Wildman–Crippen MR) is 61.7 cm³/mol. The molecule has 5 heteroatoms. The Morgan fingerprint density at radius 3 is 2.25 bits per heavy atom. The second kappa shape index (κ2) is 4.99. The van der Waals surface area contributed by atoms with Crippen LogP contribution >= 0.6 is 11.6 Å². The third kappa shape index (κ3) is 2.73. The fraction of sp³-hybridized carbons (Fsp3) is 0.273. The smallest absolute Gasteiger partial charge is 0.315 e. The minimum atomic E-state index is -1.13. The number of hydrogen-bond donors (Lipinski definition) is 1. The van der Waals surface area contributed by atoms with Gasteiger partial charge in [0.2, 0.25) is 5.91 Å². The molecular formula is C11H12ClNO3. The van der Waals surface area contributed by atoms with Gasteiger partial charge in [-0.2, -0.15) is 0 Å². The molecule has 1 amide bonds. The molecule has 86 valence electrons. The van der Waals surface area contributed by atoms with Gasteiger partial charge < -0.3 is 10.0 Å². The highest BCUT2D eigenvalue weighted by atomic mass is 35.5. The number of aliphatic carboxylic acids is 1. The van der Waals surface area contributed by atoms with Crippen LogP contribution in [-0.4, -0.2) is 24.0 Å². The number of carboxylic acids is 1. The quantitative estimate of drug-likeness (QED) is 0.824. The molecule has 1 rings (SSSR count). The van der Waals surface area contributed by atoms with Crippen LogP contribution in [0.1, 0.15) is 6.92 Å². The third-order valence-electron chi connectivity index (χ3n) is 2.29. The Kier molecular flexibility index (Phi) is 3.90. The van der Waals surface area contributed by atoms with E-state index < -0.39 is 17.8 Å². The Balaban J connectivity index is 2.85. The van der Waals surface area contributed by atoms with Gasteiger partial charge in [0.15, 0.2) is 0 Å². The summed E-state index contributed by atoms with van der Waals surface area (Å²) in [6, 6.07) is 6.61. The van der Waals surface area contributed by atoms with Crippen LogP contribution in [-0.2, 0) is 9.59 Å². The highest BCUT2D eigenvalue weighted by Crippen LogP contribution is 2.18. The molecule has 0 heterocycles. The lowest BCUT2D eigenvalue weighted by molar-refractivity contribution is -0.145. The van der Waals surface area contributed by atoms with Crippen LogP contribution < -0.4 is 4.90 Å². The second-order valence-electron chi connectivity index (χ2n) is 3.43. The van der Waals surface area contributed by atoms with Crippen molar-refractivity contribution in [1.82, 2.24) is 0 Å². The number of amides is 1. The fourth-order valence-electron chi connectivity index (χ4n) is 1.19. The summed E-state index contributed by atoms with van der Waals surface area (Å²) in [4.78, 5) is 23.6. The molecule has 0 aliphatic rings. The molecule has 1 atom stereocenters. The van der Waals surface area contributed by atoms with Crippen LogP contribution in [0.2, 0.25) is 5.02 Å². The van der Waals surface area contributed by atoms with Crippen molar-refractivity contribution in [2.45, 2.75) is 6.92 Å². The zero-order chi connectivity index (χ0) is 12.3. The monoisotopic (exact) mass is 241 g/mol. The van der Waals surface area contributed by atoms with Crippen molar-refractivity contribution in [2.75, 3.05) is 11.9 Å². The standard InChI is InChI=1S/C11H12ClNO3/c1-7(11(15)16)10(14)13(2)9-5-3-8(12)4-6-9/h3-7H,1-2H3,(H,15,16). The summed E-state index contributed by atoms with van der Waals surface area (Å²) in [6.07, 6.45) is 0. The molecule has 4 nitrogen and oxygen atoms in total. The van der Waals surface area contributed by atoms with E-state index >= 15 is 0 Å². The van der Waals surface area contributed by atoms with Crippen molar-refractivity contribution in [3.63, 3.8) is 0 Å². The Bertz CT molecular complexity index is 402. The molecule has 0 fully saturated rings. The van der Waals surface area contributed by atoms with Gasteiger partial charge in [0.25, 0.3) is 0 Å². The molecule has 0 aliphatic carbocycles. The molecule has 0 aromatic heterocycles. The summed E-state index contributed by atoms with van der Waals surface area (Å²) < 4.78 is 0. The average molecular weight is 242 g/mol. The van der Waals surface area contributed by atoms with Gasteiger partial charge in [-0.15, -0.1) is 0 Å². The molecule has 16 heavy (non-hydrogen) atoms. The normalized spacial score (nSPS) is 11.9. The molecule has 0 spiro atoms. The maximum Gasteiger partial charge on any atom is 0.315 e. The first-order valence-electron chi connectivity index (χ1n) is 4.69. The third-order valence-corrected chi connectivity index (χ3v) is 2.54. The number of halogens is 1. The van der Waals surface area contributed by atoms with E-state index in [-0.39, 0.29) is 0 Å². The van der Waals surface area contributed by atoms with Crippen LogP contribution in [0.5, 0.6) is 0 Å². The maximum atomic E-state index is 11.7. The van der Waals surface area contributed by atoms with Crippen LogP contribution in [0.15, 0.2) is 24.3 Å². The van der Waals surface area contributed by atoms with E-state index in [9.17, 15) is 9.59 Å². The lowest BCUT2D eigenvalue weighted by Gasteiger charge is -2.19. The Labute approximate surface area is 98.4 Å². The molecule has 0 bridgehead atoms. The van der Waals surface area contributed by atoms with E-state index in [0.717, 1.165) is 0 Å². The Morgan fingerprint density at radius 2 is 1.81 bits per heavy atom. The summed E-state index contributed by atoms with van der Waals surface area (Å²) in [7, 11) is 1.53. The minimum absolute atomic E-state index is 0.463. The second-order valence-corrected chi connectivity index (χ2v) is 3.87. The topological polar surface area (TPSA) is 57.6 Å². The highest BCUT2D eigenvalue weighted by Gasteiger charge is 2.24. The number of carbonyl (C=O) groups excluding carboxylic acids is 1. The molecule has 0 saturated heterocycles. The summed E-state index contributed by atoms with van der Waals surface area (Å²) >= 11 is 5.71. The first-order valence-corrected chi connectivity index (χ1v) is 5.07. The van der Waals surface area contributed by atoms with Crippen molar-refractivity contribution >= 4 is 29.2 Å². The maximum absolute atomic E-state index is 11.7. The average Bonchev–Trinajstić information content (AvgIpc) is 2.27. The summed E-state index contributed by atoms with van der Waals surface area (Å²) in [5.74, 6) is -2.65. The molecule has 1 aromatic carbocycles. The van der Waals surface area contributed by atoms with E-state index in [1.54, 1.807) is 24.3 Å². The summed E-state index contributed by atoms with van der Waals surface area (Å²) in [5, 5.41) is 9.29.